The van der Waals surface area contributed by atoms with Crippen LogP contribution in [0.1, 0.15) is 12.5 Å². The molecule has 0 aromatic heterocycles. The van der Waals surface area contributed by atoms with Gasteiger partial charge in [-0.1, -0.05) is 18.2 Å². The first kappa shape index (κ1) is 10.7. The van der Waals surface area contributed by atoms with Gasteiger partial charge in [0.05, 0.1) is 0 Å². The molecule has 1 aromatic carbocycles. The van der Waals surface area contributed by atoms with Gasteiger partial charge in [-0.15, -0.1) is 22.9 Å². The molecular weight excluding hydrogens is 226 g/mol. The molecule has 0 aliphatic carbocycles. The third-order valence-electron chi connectivity index (χ3n) is 2.01. The molecule has 1 aliphatic heterocycles. The highest BCUT2D eigenvalue weighted by molar-refractivity contribution is 7.81. The Labute approximate surface area is 97.3 Å². The highest BCUT2D eigenvalue weighted by atomic mass is 32.1. The van der Waals surface area contributed by atoms with Crippen molar-refractivity contribution in [3.05, 3.63) is 29.8 Å². The molecule has 0 saturated heterocycles. The fraction of sp³-hybridized carbons (Fsp3) is 0.222. The second kappa shape index (κ2) is 4.01. The fourth-order valence-corrected chi connectivity index (χ4v) is 1.64. The Morgan fingerprint density at radius 3 is 2.56 bits per heavy atom. The van der Waals surface area contributed by atoms with Crippen molar-refractivity contribution in [2.24, 2.45) is 20.7 Å². The summed E-state index contributed by atoms with van der Waals surface area (Å²) in [5.41, 5.74) is 1.24. The Bertz CT molecular complexity index is 473. The van der Waals surface area contributed by atoms with Gasteiger partial charge in [0.2, 0.25) is 5.91 Å². The second-order valence-electron chi connectivity index (χ2n) is 3.24. The van der Waals surface area contributed by atoms with E-state index in [1.807, 2.05) is 6.07 Å². The largest absolute Gasteiger partial charge is 0.326 e. The Morgan fingerprint density at radius 2 is 1.94 bits per heavy atom. The Hall–Kier alpha value is -1.76. The number of hydrogen-bond acceptors (Lipinski definition) is 6. The smallest absolute Gasteiger partial charge is 0.264 e. The van der Waals surface area contributed by atoms with Crippen molar-refractivity contribution >= 4 is 24.2 Å². The molecule has 0 radical (unpaired) electrons. The number of para-hydroxylation sites is 1. The van der Waals surface area contributed by atoms with Crippen molar-refractivity contribution in [2.75, 3.05) is 5.32 Å². The number of anilines is 1. The predicted octanol–water partition coefficient (Wildman–Crippen LogP) is 2.52. The lowest BCUT2D eigenvalue weighted by Crippen LogP contribution is -2.15. The van der Waals surface area contributed by atoms with Crippen LogP contribution in [0.3, 0.4) is 0 Å². The summed E-state index contributed by atoms with van der Waals surface area (Å²) < 4.78 is 0. The van der Waals surface area contributed by atoms with Crippen molar-refractivity contribution in [1.29, 1.82) is 0 Å². The van der Waals surface area contributed by atoms with E-state index < -0.39 is 4.99 Å². The van der Waals surface area contributed by atoms with Gasteiger partial charge >= 0.3 is 0 Å². The Kier molecular flexibility index (Phi) is 2.69. The minimum absolute atomic E-state index is 0.170. The fourth-order valence-electron chi connectivity index (χ4n) is 1.37. The number of nitrogens with zero attached hydrogens (tertiary/aromatic N) is 4. The first-order chi connectivity index (χ1) is 7.62. The summed E-state index contributed by atoms with van der Waals surface area (Å²) in [6, 6.07) is 7.12. The summed E-state index contributed by atoms with van der Waals surface area (Å²) in [5, 5.41) is 17.2. The third-order valence-corrected chi connectivity index (χ3v) is 2.43. The molecular formula is C9H9N5OS. The van der Waals surface area contributed by atoms with Crippen LogP contribution < -0.4 is 5.32 Å². The molecule has 0 fully saturated rings. The molecule has 1 aromatic rings. The SMILES string of the molecule is CC(=O)Nc1ccccc1C1(S)N=NN=N1. The molecule has 0 saturated carbocycles. The van der Waals surface area contributed by atoms with E-state index in [-0.39, 0.29) is 5.91 Å². The number of carbonyl (C=O) groups excluding carboxylic acids is 1. The zero-order valence-corrected chi connectivity index (χ0v) is 9.35. The zero-order valence-electron chi connectivity index (χ0n) is 8.45. The second-order valence-corrected chi connectivity index (χ2v) is 3.86. The van der Waals surface area contributed by atoms with E-state index in [1.54, 1.807) is 18.2 Å². The number of amides is 1. The summed E-state index contributed by atoms with van der Waals surface area (Å²) in [6.45, 7) is 1.43. The van der Waals surface area contributed by atoms with Crippen molar-refractivity contribution in [2.45, 2.75) is 11.9 Å². The van der Waals surface area contributed by atoms with Gasteiger partial charge in [0.25, 0.3) is 4.99 Å². The molecule has 82 valence electrons. The van der Waals surface area contributed by atoms with Crippen molar-refractivity contribution in [3.63, 3.8) is 0 Å². The van der Waals surface area contributed by atoms with Crippen LogP contribution in [0, 0.1) is 0 Å². The van der Waals surface area contributed by atoms with Gasteiger partial charge in [-0.05, 0) is 16.5 Å². The number of hydrogen-bond donors (Lipinski definition) is 2. The van der Waals surface area contributed by atoms with Gasteiger partial charge in [0, 0.05) is 18.2 Å². The Morgan fingerprint density at radius 1 is 1.31 bits per heavy atom. The maximum absolute atomic E-state index is 11.0. The molecule has 1 N–H and O–H groups in total. The first-order valence-corrected chi connectivity index (χ1v) is 5.00. The lowest BCUT2D eigenvalue weighted by atomic mass is 10.1. The van der Waals surface area contributed by atoms with Crippen molar-refractivity contribution in [3.8, 4) is 0 Å². The number of carbonyl (C=O) groups is 1. The summed E-state index contributed by atoms with van der Waals surface area (Å²) >= 11 is 4.29. The van der Waals surface area contributed by atoms with Crippen molar-refractivity contribution < 1.29 is 4.79 Å². The van der Waals surface area contributed by atoms with Crippen LogP contribution in [0.2, 0.25) is 0 Å². The summed E-state index contributed by atoms with van der Waals surface area (Å²) in [5.74, 6) is -0.170. The standard InChI is InChI=1S/C9H9N5OS/c1-6(15)10-8-5-3-2-4-7(8)9(16)11-13-14-12-9/h2-5,16H,1H3,(H,10,15). The molecule has 0 spiro atoms. The molecule has 0 atom stereocenters. The first-order valence-electron chi connectivity index (χ1n) is 4.55. The number of nitrogens with one attached hydrogen (secondary N) is 1. The van der Waals surface area contributed by atoms with E-state index in [0.29, 0.717) is 11.3 Å². The molecule has 16 heavy (non-hydrogen) atoms. The molecule has 0 bridgehead atoms. The minimum atomic E-state index is -1.14. The molecule has 6 nitrogen and oxygen atoms in total. The molecule has 1 aliphatic rings. The van der Waals surface area contributed by atoms with Crippen LogP contribution in [-0.4, -0.2) is 5.91 Å². The van der Waals surface area contributed by atoms with Crippen LogP contribution >= 0.6 is 12.6 Å². The van der Waals surface area contributed by atoms with Gasteiger partial charge < -0.3 is 5.32 Å². The van der Waals surface area contributed by atoms with Gasteiger partial charge in [-0.2, -0.15) is 0 Å². The van der Waals surface area contributed by atoms with Crippen LogP contribution in [0.5, 0.6) is 0 Å². The van der Waals surface area contributed by atoms with Crippen LogP contribution in [-0.2, 0) is 9.79 Å². The van der Waals surface area contributed by atoms with E-state index in [0.717, 1.165) is 0 Å². The topological polar surface area (TPSA) is 78.5 Å². The average Bonchev–Trinajstić information content (AvgIpc) is 2.66. The van der Waals surface area contributed by atoms with Crippen LogP contribution in [0.15, 0.2) is 44.9 Å². The van der Waals surface area contributed by atoms with Gasteiger partial charge in [-0.25, -0.2) is 0 Å². The van der Waals surface area contributed by atoms with E-state index >= 15 is 0 Å². The minimum Gasteiger partial charge on any atom is -0.326 e. The zero-order chi connectivity index (χ0) is 11.6. The molecule has 1 heterocycles. The molecule has 0 unspecified atom stereocenters. The van der Waals surface area contributed by atoms with E-state index in [1.165, 1.54) is 6.92 Å². The predicted molar refractivity (Wildman–Crippen MR) is 61.1 cm³/mol. The normalized spacial score (nSPS) is 16.4. The maximum Gasteiger partial charge on any atom is 0.264 e. The monoisotopic (exact) mass is 235 g/mol. The molecule has 1 amide bonds. The third kappa shape index (κ3) is 1.94. The number of benzene rings is 1. The quantitative estimate of drug-likeness (QED) is 0.759. The lowest BCUT2D eigenvalue weighted by molar-refractivity contribution is -0.114. The lowest BCUT2D eigenvalue weighted by Gasteiger charge is -2.17. The summed E-state index contributed by atoms with van der Waals surface area (Å²) in [7, 11) is 0. The molecule has 2 rings (SSSR count). The van der Waals surface area contributed by atoms with Crippen LogP contribution in [0.4, 0.5) is 5.69 Å². The van der Waals surface area contributed by atoms with E-state index in [4.69, 9.17) is 0 Å². The summed E-state index contributed by atoms with van der Waals surface area (Å²) in [6.07, 6.45) is 0. The highest BCUT2D eigenvalue weighted by Crippen LogP contribution is 2.39. The Balaban J connectivity index is 2.44. The van der Waals surface area contributed by atoms with E-state index in [9.17, 15) is 4.79 Å². The summed E-state index contributed by atoms with van der Waals surface area (Å²) in [4.78, 5) is 9.90. The van der Waals surface area contributed by atoms with Crippen LogP contribution in [0.25, 0.3) is 0 Å². The maximum atomic E-state index is 11.0. The molecule has 7 heteroatoms. The van der Waals surface area contributed by atoms with Gasteiger partial charge in [0.1, 0.15) is 0 Å². The van der Waals surface area contributed by atoms with Gasteiger partial charge in [-0.3, -0.25) is 4.79 Å². The van der Waals surface area contributed by atoms with E-state index in [2.05, 4.69) is 38.6 Å². The number of thiol groups is 1. The highest BCUT2D eigenvalue weighted by Gasteiger charge is 2.33. The van der Waals surface area contributed by atoms with Crippen molar-refractivity contribution in [1.82, 2.24) is 0 Å². The number of rotatable bonds is 2. The van der Waals surface area contributed by atoms with Gasteiger partial charge in [0.15, 0.2) is 0 Å². The average molecular weight is 235 g/mol.